The molecule has 0 aliphatic carbocycles. The van der Waals surface area contributed by atoms with Gasteiger partial charge in [0.25, 0.3) is 0 Å². The molecule has 2 N–H and O–H groups in total. The Morgan fingerprint density at radius 1 is 0.882 bits per heavy atom. The first-order valence-electron chi connectivity index (χ1n) is 10.9. The number of hydrogen-bond donors (Lipinski definition) is 2. The van der Waals surface area contributed by atoms with Crippen LogP contribution >= 0.6 is 35.4 Å². The van der Waals surface area contributed by atoms with Gasteiger partial charge in [-0.25, -0.2) is 0 Å². The molecule has 0 fully saturated rings. The SMILES string of the molecule is Cc1ccc(Cn2nc(C)c(NC(=S)Nc3cc(C)n(Cc4ccc(Cl)cc4Cl)n3)c2C)cc1. The lowest BCUT2D eigenvalue weighted by Crippen LogP contribution is -2.20. The lowest BCUT2D eigenvalue weighted by molar-refractivity contribution is 0.659. The van der Waals surface area contributed by atoms with Crippen molar-refractivity contribution in [3.63, 3.8) is 0 Å². The molecule has 176 valence electrons. The van der Waals surface area contributed by atoms with Crippen LogP contribution in [0.5, 0.6) is 0 Å². The van der Waals surface area contributed by atoms with Crippen LogP contribution in [-0.2, 0) is 13.1 Å². The van der Waals surface area contributed by atoms with Gasteiger partial charge in [0.05, 0.1) is 30.2 Å². The van der Waals surface area contributed by atoms with E-state index < -0.39 is 0 Å². The number of rotatable bonds is 6. The van der Waals surface area contributed by atoms with E-state index in [9.17, 15) is 0 Å². The zero-order valence-electron chi connectivity index (χ0n) is 19.5. The first-order valence-corrected chi connectivity index (χ1v) is 12.0. The molecule has 9 heteroatoms. The number of nitrogens with one attached hydrogen (secondary N) is 2. The summed E-state index contributed by atoms with van der Waals surface area (Å²) in [6, 6.07) is 15.9. The van der Waals surface area contributed by atoms with E-state index in [2.05, 4.69) is 46.9 Å². The molecule has 0 spiro atoms. The molecule has 0 amide bonds. The molecule has 0 unspecified atom stereocenters. The van der Waals surface area contributed by atoms with Crippen LogP contribution < -0.4 is 10.6 Å². The maximum Gasteiger partial charge on any atom is 0.176 e. The number of nitrogens with zero attached hydrogens (tertiary/aromatic N) is 4. The monoisotopic (exact) mass is 512 g/mol. The predicted molar refractivity (Wildman–Crippen MR) is 144 cm³/mol. The van der Waals surface area contributed by atoms with Gasteiger partial charge in [-0.15, -0.1) is 0 Å². The number of hydrogen-bond acceptors (Lipinski definition) is 3. The Bertz CT molecular complexity index is 1340. The van der Waals surface area contributed by atoms with Crippen LogP contribution in [0, 0.1) is 27.7 Å². The van der Waals surface area contributed by atoms with Crippen molar-refractivity contribution in [1.29, 1.82) is 0 Å². The van der Waals surface area contributed by atoms with Crippen LogP contribution in [0.1, 0.15) is 33.8 Å². The van der Waals surface area contributed by atoms with E-state index in [1.54, 1.807) is 6.07 Å². The van der Waals surface area contributed by atoms with E-state index in [1.165, 1.54) is 11.1 Å². The molecule has 0 saturated heterocycles. The van der Waals surface area contributed by atoms with Crippen molar-refractivity contribution in [2.24, 2.45) is 0 Å². The van der Waals surface area contributed by atoms with E-state index >= 15 is 0 Å². The zero-order chi connectivity index (χ0) is 24.4. The van der Waals surface area contributed by atoms with Crippen molar-refractivity contribution in [3.8, 4) is 0 Å². The Labute approximate surface area is 214 Å². The number of anilines is 2. The topological polar surface area (TPSA) is 59.7 Å². The van der Waals surface area contributed by atoms with Crippen molar-refractivity contribution < 1.29 is 0 Å². The van der Waals surface area contributed by atoms with Gasteiger partial charge in [0.15, 0.2) is 10.9 Å². The third kappa shape index (κ3) is 5.60. The molecular formula is C25H26Cl2N6S. The summed E-state index contributed by atoms with van der Waals surface area (Å²) < 4.78 is 3.86. The van der Waals surface area contributed by atoms with Gasteiger partial charge in [-0.1, -0.05) is 59.1 Å². The quantitative estimate of drug-likeness (QED) is 0.287. The normalized spacial score (nSPS) is 11.0. The van der Waals surface area contributed by atoms with E-state index in [0.29, 0.717) is 34.1 Å². The molecule has 2 heterocycles. The summed E-state index contributed by atoms with van der Waals surface area (Å²) in [7, 11) is 0. The molecule has 2 aromatic heterocycles. The van der Waals surface area contributed by atoms with Gasteiger partial charge in [-0.2, -0.15) is 10.2 Å². The largest absolute Gasteiger partial charge is 0.329 e. The second kappa shape index (κ2) is 10.2. The van der Waals surface area contributed by atoms with Crippen LogP contribution in [0.2, 0.25) is 10.0 Å². The van der Waals surface area contributed by atoms with Gasteiger partial charge in [0.2, 0.25) is 0 Å². The Morgan fingerprint density at radius 2 is 1.62 bits per heavy atom. The smallest absolute Gasteiger partial charge is 0.176 e. The molecule has 4 rings (SSSR count). The molecule has 0 aliphatic rings. The Kier molecular flexibility index (Phi) is 7.26. The summed E-state index contributed by atoms with van der Waals surface area (Å²) in [6.45, 7) is 9.31. The molecular weight excluding hydrogens is 487 g/mol. The summed E-state index contributed by atoms with van der Waals surface area (Å²) in [4.78, 5) is 0. The molecule has 0 bridgehead atoms. The summed E-state index contributed by atoms with van der Waals surface area (Å²) in [5, 5.41) is 17.5. The van der Waals surface area contributed by atoms with Gasteiger partial charge in [0.1, 0.15) is 0 Å². The summed E-state index contributed by atoms with van der Waals surface area (Å²) in [6.07, 6.45) is 0. The molecule has 0 radical (unpaired) electrons. The molecule has 4 aromatic rings. The fourth-order valence-corrected chi connectivity index (χ4v) is 4.38. The minimum Gasteiger partial charge on any atom is -0.329 e. The fourth-order valence-electron chi connectivity index (χ4n) is 3.70. The molecule has 0 atom stereocenters. The minimum atomic E-state index is 0.454. The number of halogens is 2. The third-order valence-electron chi connectivity index (χ3n) is 5.63. The summed E-state index contributed by atoms with van der Waals surface area (Å²) >= 11 is 17.9. The highest BCUT2D eigenvalue weighted by Crippen LogP contribution is 2.23. The maximum absolute atomic E-state index is 6.32. The fraction of sp³-hybridized carbons (Fsp3) is 0.240. The first kappa shape index (κ1) is 24.3. The average molecular weight is 513 g/mol. The molecule has 0 saturated carbocycles. The van der Waals surface area contributed by atoms with Crippen LogP contribution in [0.25, 0.3) is 0 Å². The third-order valence-corrected chi connectivity index (χ3v) is 6.42. The van der Waals surface area contributed by atoms with Gasteiger partial charge < -0.3 is 10.6 Å². The number of aryl methyl sites for hydroxylation is 3. The van der Waals surface area contributed by atoms with Crippen LogP contribution in [-0.4, -0.2) is 24.7 Å². The van der Waals surface area contributed by atoms with Gasteiger partial charge in [-0.3, -0.25) is 9.36 Å². The van der Waals surface area contributed by atoms with Crippen LogP contribution in [0.3, 0.4) is 0 Å². The van der Waals surface area contributed by atoms with E-state index in [-0.39, 0.29) is 0 Å². The summed E-state index contributed by atoms with van der Waals surface area (Å²) in [5.74, 6) is 0.655. The second-order valence-corrected chi connectivity index (χ2v) is 9.58. The predicted octanol–water partition coefficient (Wildman–Crippen LogP) is 6.53. The first-order chi connectivity index (χ1) is 16.2. The van der Waals surface area contributed by atoms with E-state index in [0.717, 1.165) is 28.3 Å². The standard InChI is InChI=1S/C25H26Cl2N6S/c1-15-5-7-19(8-6-15)13-33-18(4)24(17(3)30-33)29-25(34)28-23-11-16(2)32(31-23)14-20-9-10-21(26)12-22(20)27/h5-12H,13-14H2,1-4H3,(H2,28,29,31,34). The Balaban J connectivity index is 1.43. The molecule has 6 nitrogen and oxygen atoms in total. The highest BCUT2D eigenvalue weighted by molar-refractivity contribution is 7.80. The van der Waals surface area contributed by atoms with Gasteiger partial charge in [-0.05, 0) is 63.2 Å². The molecule has 2 aromatic carbocycles. The second-order valence-electron chi connectivity index (χ2n) is 8.33. The Hall–Kier alpha value is -2.87. The lowest BCUT2D eigenvalue weighted by Gasteiger charge is -2.10. The van der Waals surface area contributed by atoms with Crippen LogP contribution in [0.15, 0.2) is 48.5 Å². The number of benzene rings is 2. The minimum absolute atomic E-state index is 0.454. The van der Waals surface area contributed by atoms with Crippen molar-refractivity contribution in [2.75, 3.05) is 10.6 Å². The van der Waals surface area contributed by atoms with Crippen molar-refractivity contribution in [1.82, 2.24) is 19.6 Å². The lowest BCUT2D eigenvalue weighted by atomic mass is 10.1. The van der Waals surface area contributed by atoms with Crippen molar-refractivity contribution in [2.45, 2.75) is 40.8 Å². The highest BCUT2D eigenvalue weighted by atomic mass is 35.5. The Morgan fingerprint density at radius 3 is 2.32 bits per heavy atom. The number of aromatic nitrogens is 4. The molecule has 0 aliphatic heterocycles. The highest BCUT2D eigenvalue weighted by Gasteiger charge is 2.14. The van der Waals surface area contributed by atoms with Gasteiger partial charge >= 0.3 is 0 Å². The maximum atomic E-state index is 6.32. The number of thiocarbonyl (C=S) groups is 1. The molecule has 34 heavy (non-hydrogen) atoms. The van der Waals surface area contributed by atoms with E-state index in [4.69, 9.17) is 40.5 Å². The zero-order valence-corrected chi connectivity index (χ0v) is 21.8. The van der Waals surface area contributed by atoms with Gasteiger partial charge in [0, 0.05) is 21.8 Å². The van der Waals surface area contributed by atoms with Crippen LogP contribution in [0.4, 0.5) is 11.5 Å². The van der Waals surface area contributed by atoms with E-state index in [1.807, 2.05) is 48.3 Å². The van der Waals surface area contributed by atoms with Crippen molar-refractivity contribution in [3.05, 3.63) is 92.3 Å². The summed E-state index contributed by atoms with van der Waals surface area (Å²) in [5.41, 5.74) is 7.16. The van der Waals surface area contributed by atoms with Crippen molar-refractivity contribution >= 4 is 52.0 Å². The average Bonchev–Trinajstić information content (AvgIpc) is 3.24.